The first-order chi connectivity index (χ1) is 9.27. The van der Waals surface area contributed by atoms with Crippen molar-refractivity contribution in [1.29, 1.82) is 0 Å². The second-order valence-electron chi connectivity index (χ2n) is 6.82. The lowest BCUT2D eigenvalue weighted by Crippen LogP contribution is -2.31. The Morgan fingerprint density at radius 1 is 1.26 bits per heavy atom. The summed E-state index contributed by atoms with van der Waals surface area (Å²) in [4.78, 5) is 4.42. The molecule has 19 heavy (non-hydrogen) atoms. The van der Waals surface area contributed by atoms with Crippen molar-refractivity contribution in [2.45, 2.75) is 70.9 Å². The number of hydrogen-bond acceptors (Lipinski definition) is 2. The number of nitrogens with zero attached hydrogens (tertiary/aromatic N) is 2. The summed E-state index contributed by atoms with van der Waals surface area (Å²) in [5.41, 5.74) is 1.90. The SMILES string of the molecule is CC1(Cn2cncc2C2CCCCN2)CCCCC1. The Balaban J connectivity index is 1.72. The fraction of sp³-hybridized carbons (Fsp3) is 0.812. The minimum absolute atomic E-state index is 0.488. The summed E-state index contributed by atoms with van der Waals surface area (Å²) in [6.07, 6.45) is 15.1. The molecule has 1 aliphatic heterocycles. The lowest BCUT2D eigenvalue weighted by atomic mass is 9.75. The minimum atomic E-state index is 0.488. The lowest BCUT2D eigenvalue weighted by molar-refractivity contribution is 0.179. The van der Waals surface area contributed by atoms with E-state index < -0.39 is 0 Å². The molecule has 1 saturated carbocycles. The molecule has 1 aromatic heterocycles. The quantitative estimate of drug-likeness (QED) is 0.899. The van der Waals surface area contributed by atoms with Crippen LogP contribution in [0.25, 0.3) is 0 Å². The summed E-state index contributed by atoms with van der Waals surface area (Å²) in [5.74, 6) is 0. The van der Waals surface area contributed by atoms with Gasteiger partial charge < -0.3 is 9.88 Å². The number of hydrogen-bond donors (Lipinski definition) is 1. The second-order valence-corrected chi connectivity index (χ2v) is 6.82. The minimum Gasteiger partial charge on any atom is -0.333 e. The zero-order valence-corrected chi connectivity index (χ0v) is 12.2. The Hall–Kier alpha value is -0.830. The van der Waals surface area contributed by atoms with Crippen LogP contribution in [0.5, 0.6) is 0 Å². The van der Waals surface area contributed by atoms with Crippen LogP contribution in [0.3, 0.4) is 0 Å². The van der Waals surface area contributed by atoms with Crippen LogP contribution in [0.1, 0.15) is 70.0 Å². The van der Waals surface area contributed by atoms with Gasteiger partial charge in [0.2, 0.25) is 0 Å². The van der Waals surface area contributed by atoms with Crippen LogP contribution in [0, 0.1) is 5.41 Å². The summed E-state index contributed by atoms with van der Waals surface area (Å²) in [6.45, 7) is 4.78. The fourth-order valence-corrected chi connectivity index (χ4v) is 3.83. The number of piperidine rings is 1. The van der Waals surface area contributed by atoms with Gasteiger partial charge in [0.25, 0.3) is 0 Å². The number of aromatic nitrogens is 2. The molecule has 1 aliphatic carbocycles. The molecular formula is C16H27N3. The van der Waals surface area contributed by atoms with Crippen molar-refractivity contribution in [2.75, 3.05) is 6.54 Å². The molecule has 0 bridgehead atoms. The van der Waals surface area contributed by atoms with Gasteiger partial charge in [0, 0.05) is 18.8 Å². The molecule has 2 aliphatic rings. The Bertz CT molecular complexity index is 398. The predicted molar refractivity (Wildman–Crippen MR) is 78.0 cm³/mol. The van der Waals surface area contributed by atoms with Crippen LogP contribution in [0.15, 0.2) is 12.5 Å². The normalized spacial score (nSPS) is 27.3. The summed E-state index contributed by atoms with van der Waals surface area (Å²) in [6, 6.07) is 0.531. The van der Waals surface area contributed by atoms with Crippen LogP contribution in [-0.4, -0.2) is 16.1 Å². The molecule has 3 heteroatoms. The maximum absolute atomic E-state index is 4.42. The van der Waals surface area contributed by atoms with Gasteiger partial charge in [-0.3, -0.25) is 0 Å². The molecule has 2 heterocycles. The third-order valence-electron chi connectivity index (χ3n) is 5.02. The Kier molecular flexibility index (Phi) is 3.92. The van der Waals surface area contributed by atoms with E-state index in [1.54, 1.807) is 0 Å². The molecule has 2 fully saturated rings. The van der Waals surface area contributed by atoms with E-state index in [1.807, 2.05) is 6.33 Å². The zero-order chi connectivity index (χ0) is 13.1. The summed E-state index contributed by atoms with van der Waals surface area (Å²) in [5, 5.41) is 3.65. The van der Waals surface area contributed by atoms with E-state index in [9.17, 15) is 0 Å². The zero-order valence-electron chi connectivity index (χ0n) is 12.2. The van der Waals surface area contributed by atoms with Gasteiger partial charge in [-0.1, -0.05) is 32.6 Å². The van der Waals surface area contributed by atoms with Gasteiger partial charge in [-0.05, 0) is 37.6 Å². The molecule has 3 nitrogen and oxygen atoms in total. The molecule has 0 spiro atoms. The van der Waals surface area contributed by atoms with E-state index in [4.69, 9.17) is 0 Å². The molecule has 1 N–H and O–H groups in total. The first-order valence-corrected chi connectivity index (χ1v) is 8.00. The number of nitrogens with one attached hydrogen (secondary N) is 1. The third kappa shape index (κ3) is 3.02. The third-order valence-corrected chi connectivity index (χ3v) is 5.02. The lowest BCUT2D eigenvalue weighted by Gasteiger charge is -2.35. The molecule has 0 aromatic carbocycles. The highest BCUT2D eigenvalue weighted by atomic mass is 15.1. The summed E-state index contributed by atoms with van der Waals surface area (Å²) < 4.78 is 2.42. The van der Waals surface area contributed by atoms with Gasteiger partial charge in [0.15, 0.2) is 0 Å². The van der Waals surface area contributed by atoms with Crippen molar-refractivity contribution in [3.8, 4) is 0 Å². The fourth-order valence-electron chi connectivity index (χ4n) is 3.83. The van der Waals surface area contributed by atoms with E-state index in [0.717, 1.165) is 13.1 Å². The van der Waals surface area contributed by atoms with Crippen molar-refractivity contribution in [3.63, 3.8) is 0 Å². The molecular weight excluding hydrogens is 234 g/mol. The van der Waals surface area contributed by atoms with Crippen LogP contribution in [0.4, 0.5) is 0 Å². The van der Waals surface area contributed by atoms with Crippen LogP contribution in [-0.2, 0) is 6.54 Å². The van der Waals surface area contributed by atoms with Crippen molar-refractivity contribution >= 4 is 0 Å². The summed E-state index contributed by atoms with van der Waals surface area (Å²) in [7, 11) is 0. The topological polar surface area (TPSA) is 29.9 Å². The molecule has 0 radical (unpaired) electrons. The van der Waals surface area contributed by atoms with Gasteiger partial charge >= 0.3 is 0 Å². The second kappa shape index (κ2) is 5.66. The molecule has 3 rings (SSSR count). The van der Waals surface area contributed by atoms with E-state index in [2.05, 4.69) is 28.0 Å². The predicted octanol–water partition coefficient (Wildman–Crippen LogP) is 3.67. The van der Waals surface area contributed by atoms with Gasteiger partial charge in [0.05, 0.1) is 12.0 Å². The highest BCUT2D eigenvalue weighted by molar-refractivity contribution is 5.07. The summed E-state index contributed by atoms with van der Waals surface area (Å²) >= 11 is 0. The largest absolute Gasteiger partial charge is 0.333 e. The van der Waals surface area contributed by atoms with Crippen molar-refractivity contribution in [3.05, 3.63) is 18.2 Å². The Morgan fingerprint density at radius 3 is 2.84 bits per heavy atom. The number of imidazole rings is 1. The Morgan fingerprint density at radius 2 is 2.11 bits per heavy atom. The van der Waals surface area contributed by atoms with Gasteiger partial charge in [0.1, 0.15) is 0 Å². The van der Waals surface area contributed by atoms with Crippen molar-refractivity contribution in [2.24, 2.45) is 5.41 Å². The number of rotatable bonds is 3. The highest BCUT2D eigenvalue weighted by Gasteiger charge is 2.29. The van der Waals surface area contributed by atoms with E-state index in [0.29, 0.717) is 11.5 Å². The van der Waals surface area contributed by atoms with Crippen LogP contribution < -0.4 is 5.32 Å². The van der Waals surface area contributed by atoms with Gasteiger partial charge in [-0.2, -0.15) is 0 Å². The Labute approximate surface area is 116 Å². The van der Waals surface area contributed by atoms with Crippen LogP contribution in [0.2, 0.25) is 0 Å². The van der Waals surface area contributed by atoms with Crippen molar-refractivity contribution in [1.82, 2.24) is 14.9 Å². The highest BCUT2D eigenvalue weighted by Crippen LogP contribution is 2.38. The van der Waals surface area contributed by atoms with Crippen LogP contribution >= 0.6 is 0 Å². The van der Waals surface area contributed by atoms with Gasteiger partial charge in [-0.25, -0.2) is 4.98 Å². The maximum atomic E-state index is 4.42. The smallest absolute Gasteiger partial charge is 0.0948 e. The maximum Gasteiger partial charge on any atom is 0.0948 e. The van der Waals surface area contributed by atoms with E-state index in [1.165, 1.54) is 57.1 Å². The molecule has 1 aromatic rings. The molecule has 106 valence electrons. The molecule has 1 atom stereocenters. The average molecular weight is 261 g/mol. The average Bonchev–Trinajstić information content (AvgIpc) is 2.88. The molecule has 1 unspecified atom stereocenters. The first-order valence-electron chi connectivity index (χ1n) is 8.00. The van der Waals surface area contributed by atoms with Crippen molar-refractivity contribution < 1.29 is 0 Å². The van der Waals surface area contributed by atoms with E-state index in [-0.39, 0.29) is 0 Å². The molecule has 0 amide bonds. The van der Waals surface area contributed by atoms with Gasteiger partial charge in [-0.15, -0.1) is 0 Å². The first kappa shape index (κ1) is 13.2. The van der Waals surface area contributed by atoms with E-state index >= 15 is 0 Å². The molecule has 1 saturated heterocycles. The standard InChI is InChI=1S/C16H27N3/c1-16(8-4-2-5-9-16)12-19-13-17-11-15(19)14-7-3-6-10-18-14/h11,13-14,18H,2-10,12H2,1H3. The monoisotopic (exact) mass is 261 g/mol.